The lowest BCUT2D eigenvalue weighted by atomic mass is 10.1. The maximum atomic E-state index is 13.3. The number of amides is 2. The molecule has 0 fully saturated rings. The van der Waals surface area contributed by atoms with Gasteiger partial charge in [0, 0.05) is 35.1 Å². The standard InChI is InChI=1S/C21H28BrN3O2S/c1-4-24(5-2)11-12-25(18-9-6-8-17(22)14-18)21(27)15-19(23-16(3)26)20-10-7-13-28-20/h6-10,13-14,19H,4-5,11-12,15H2,1-3H3,(H,23,26). The Kier molecular flexibility index (Phi) is 9.15. The number of benzene rings is 1. The van der Waals surface area contributed by atoms with Crippen molar-refractivity contribution in [3.63, 3.8) is 0 Å². The minimum atomic E-state index is -0.312. The van der Waals surface area contributed by atoms with Gasteiger partial charge in [0.15, 0.2) is 0 Å². The van der Waals surface area contributed by atoms with Crippen LogP contribution in [0.4, 0.5) is 5.69 Å². The molecular weight excluding hydrogens is 438 g/mol. The summed E-state index contributed by atoms with van der Waals surface area (Å²) < 4.78 is 0.933. The van der Waals surface area contributed by atoms with E-state index >= 15 is 0 Å². The molecule has 5 nitrogen and oxygen atoms in total. The van der Waals surface area contributed by atoms with E-state index in [1.165, 1.54) is 6.92 Å². The number of anilines is 1. The zero-order valence-corrected chi connectivity index (χ0v) is 19.1. The Bertz CT molecular complexity index is 763. The summed E-state index contributed by atoms with van der Waals surface area (Å²) in [6, 6.07) is 11.4. The van der Waals surface area contributed by atoms with Crippen LogP contribution in [0.3, 0.4) is 0 Å². The summed E-state index contributed by atoms with van der Waals surface area (Å²) in [6.07, 6.45) is 0.227. The first kappa shape index (κ1) is 22.6. The summed E-state index contributed by atoms with van der Waals surface area (Å²) in [5.74, 6) is -0.138. The Labute approximate surface area is 179 Å². The van der Waals surface area contributed by atoms with Crippen molar-refractivity contribution < 1.29 is 9.59 Å². The molecule has 0 bridgehead atoms. The van der Waals surface area contributed by atoms with Gasteiger partial charge < -0.3 is 15.1 Å². The van der Waals surface area contributed by atoms with Gasteiger partial charge in [-0.15, -0.1) is 11.3 Å². The molecule has 7 heteroatoms. The van der Waals surface area contributed by atoms with Crippen molar-refractivity contribution in [3.05, 3.63) is 51.1 Å². The minimum absolute atomic E-state index is 0.00240. The second-order valence-corrected chi connectivity index (χ2v) is 8.42. The highest BCUT2D eigenvalue weighted by atomic mass is 79.9. The number of thiophene rings is 1. The van der Waals surface area contributed by atoms with E-state index in [1.54, 1.807) is 11.3 Å². The predicted molar refractivity (Wildman–Crippen MR) is 120 cm³/mol. The number of nitrogens with one attached hydrogen (secondary N) is 1. The first-order valence-electron chi connectivity index (χ1n) is 9.53. The second-order valence-electron chi connectivity index (χ2n) is 6.52. The highest BCUT2D eigenvalue weighted by molar-refractivity contribution is 9.10. The van der Waals surface area contributed by atoms with E-state index in [2.05, 4.69) is 40.0 Å². The second kappa shape index (κ2) is 11.3. The smallest absolute Gasteiger partial charge is 0.229 e. The molecule has 1 unspecified atom stereocenters. The predicted octanol–water partition coefficient (Wildman–Crippen LogP) is 4.45. The van der Waals surface area contributed by atoms with Gasteiger partial charge in [-0.25, -0.2) is 0 Å². The van der Waals surface area contributed by atoms with E-state index in [-0.39, 0.29) is 24.3 Å². The van der Waals surface area contributed by atoms with E-state index in [0.29, 0.717) is 6.54 Å². The van der Waals surface area contributed by atoms with Crippen molar-refractivity contribution >= 4 is 44.8 Å². The molecule has 1 aromatic carbocycles. The number of likely N-dealkylation sites (N-methyl/N-ethyl adjacent to an activating group) is 1. The number of hydrogen-bond acceptors (Lipinski definition) is 4. The van der Waals surface area contributed by atoms with Gasteiger partial charge in [-0.2, -0.15) is 0 Å². The summed E-state index contributed by atoms with van der Waals surface area (Å²) in [6.45, 7) is 9.03. The van der Waals surface area contributed by atoms with E-state index in [0.717, 1.165) is 34.7 Å². The summed E-state index contributed by atoms with van der Waals surface area (Å²) in [7, 11) is 0. The van der Waals surface area contributed by atoms with Crippen LogP contribution in [0.5, 0.6) is 0 Å². The van der Waals surface area contributed by atoms with Crippen LogP contribution in [0, 0.1) is 0 Å². The molecular formula is C21H28BrN3O2S. The molecule has 0 spiro atoms. The maximum Gasteiger partial charge on any atom is 0.229 e. The molecule has 0 aliphatic rings. The third-order valence-electron chi connectivity index (χ3n) is 4.60. The number of carbonyl (C=O) groups is 2. The lowest BCUT2D eigenvalue weighted by Crippen LogP contribution is -2.40. The number of halogens is 1. The fourth-order valence-corrected chi connectivity index (χ4v) is 4.23. The monoisotopic (exact) mass is 465 g/mol. The molecule has 1 N–H and O–H groups in total. The summed E-state index contributed by atoms with van der Waals surface area (Å²) >= 11 is 5.05. The Balaban J connectivity index is 2.22. The Morgan fingerprint density at radius 3 is 2.46 bits per heavy atom. The molecule has 2 rings (SSSR count). The van der Waals surface area contributed by atoms with E-state index in [4.69, 9.17) is 0 Å². The molecule has 152 valence electrons. The van der Waals surface area contributed by atoms with Crippen molar-refractivity contribution in [2.24, 2.45) is 0 Å². The van der Waals surface area contributed by atoms with Crippen LogP contribution < -0.4 is 10.2 Å². The van der Waals surface area contributed by atoms with Crippen molar-refractivity contribution in [2.75, 3.05) is 31.1 Å². The van der Waals surface area contributed by atoms with E-state index < -0.39 is 0 Å². The van der Waals surface area contributed by atoms with Gasteiger partial charge in [-0.1, -0.05) is 41.9 Å². The van der Waals surface area contributed by atoms with Crippen LogP contribution in [0.25, 0.3) is 0 Å². The van der Waals surface area contributed by atoms with Crippen molar-refractivity contribution in [1.82, 2.24) is 10.2 Å². The van der Waals surface area contributed by atoms with Crippen molar-refractivity contribution in [3.8, 4) is 0 Å². The largest absolute Gasteiger partial charge is 0.348 e. The molecule has 28 heavy (non-hydrogen) atoms. The summed E-state index contributed by atoms with van der Waals surface area (Å²) in [4.78, 5) is 30.0. The molecule has 1 aromatic heterocycles. The van der Waals surface area contributed by atoms with Gasteiger partial charge >= 0.3 is 0 Å². The van der Waals surface area contributed by atoms with Gasteiger partial charge in [0.2, 0.25) is 11.8 Å². The van der Waals surface area contributed by atoms with Crippen LogP contribution in [0.2, 0.25) is 0 Å². The Morgan fingerprint density at radius 2 is 1.89 bits per heavy atom. The minimum Gasteiger partial charge on any atom is -0.348 e. The number of rotatable bonds is 10. The number of carbonyl (C=O) groups excluding carboxylic acids is 2. The Hall–Kier alpha value is -1.70. The van der Waals surface area contributed by atoms with Crippen molar-refractivity contribution in [1.29, 1.82) is 0 Å². The first-order valence-corrected chi connectivity index (χ1v) is 11.2. The molecule has 2 aromatic rings. The van der Waals surface area contributed by atoms with Gasteiger partial charge in [-0.3, -0.25) is 9.59 Å². The average Bonchev–Trinajstić information content (AvgIpc) is 3.19. The third kappa shape index (κ3) is 6.72. The fraction of sp³-hybridized carbons (Fsp3) is 0.429. The molecule has 0 aliphatic heterocycles. The SMILES string of the molecule is CCN(CC)CCN(C(=O)CC(NC(C)=O)c1cccs1)c1cccc(Br)c1. The van der Waals surface area contributed by atoms with Crippen LogP contribution in [-0.4, -0.2) is 42.9 Å². The van der Waals surface area contributed by atoms with Crippen molar-refractivity contribution in [2.45, 2.75) is 33.2 Å². The van der Waals surface area contributed by atoms with E-state index in [9.17, 15) is 9.59 Å². The number of nitrogens with zero attached hydrogens (tertiary/aromatic N) is 2. The Morgan fingerprint density at radius 1 is 1.14 bits per heavy atom. The zero-order valence-electron chi connectivity index (χ0n) is 16.7. The maximum absolute atomic E-state index is 13.3. The molecule has 0 saturated heterocycles. The average molecular weight is 466 g/mol. The van der Waals surface area contributed by atoms with E-state index in [1.807, 2.05) is 46.7 Å². The highest BCUT2D eigenvalue weighted by Crippen LogP contribution is 2.26. The first-order chi connectivity index (χ1) is 13.4. The molecule has 1 atom stereocenters. The lowest BCUT2D eigenvalue weighted by molar-refractivity contribution is -0.121. The van der Waals surface area contributed by atoms with Crippen LogP contribution in [-0.2, 0) is 9.59 Å². The summed E-state index contributed by atoms with van der Waals surface area (Å²) in [5.41, 5.74) is 0.860. The van der Waals surface area contributed by atoms with Gasteiger partial charge in [-0.05, 0) is 42.7 Å². The van der Waals surface area contributed by atoms with Gasteiger partial charge in [0.25, 0.3) is 0 Å². The normalized spacial score (nSPS) is 12.0. The quantitative estimate of drug-likeness (QED) is 0.563. The zero-order chi connectivity index (χ0) is 20.5. The molecule has 1 heterocycles. The van der Waals surface area contributed by atoms with Crippen LogP contribution >= 0.6 is 27.3 Å². The topological polar surface area (TPSA) is 52.6 Å². The molecule has 0 radical (unpaired) electrons. The lowest BCUT2D eigenvalue weighted by Gasteiger charge is -2.28. The van der Waals surface area contributed by atoms with Crippen LogP contribution in [0.15, 0.2) is 46.3 Å². The molecule has 2 amide bonds. The highest BCUT2D eigenvalue weighted by Gasteiger charge is 2.23. The molecule has 0 aliphatic carbocycles. The summed E-state index contributed by atoms with van der Waals surface area (Å²) in [5, 5.41) is 4.88. The van der Waals surface area contributed by atoms with Crippen LogP contribution in [0.1, 0.15) is 38.1 Å². The number of hydrogen-bond donors (Lipinski definition) is 1. The van der Waals surface area contributed by atoms with Gasteiger partial charge in [0.1, 0.15) is 0 Å². The van der Waals surface area contributed by atoms with Gasteiger partial charge in [0.05, 0.1) is 12.5 Å². The fourth-order valence-electron chi connectivity index (χ4n) is 3.07. The third-order valence-corrected chi connectivity index (χ3v) is 6.08. The molecule has 0 saturated carbocycles.